The van der Waals surface area contributed by atoms with Gasteiger partial charge in [0.15, 0.2) is 11.5 Å². The normalized spacial score (nSPS) is 15.4. The molecule has 0 saturated heterocycles. The van der Waals surface area contributed by atoms with Gasteiger partial charge in [-0.2, -0.15) is 0 Å². The summed E-state index contributed by atoms with van der Waals surface area (Å²) >= 11 is 0. The van der Waals surface area contributed by atoms with Gasteiger partial charge < -0.3 is 15.2 Å². The third kappa shape index (κ3) is 3.53. The van der Waals surface area contributed by atoms with Crippen molar-refractivity contribution in [3.63, 3.8) is 0 Å². The van der Waals surface area contributed by atoms with Crippen LogP contribution in [0.15, 0.2) is 23.1 Å². The number of hydrogen-bond donors (Lipinski definition) is 2. The van der Waals surface area contributed by atoms with Crippen molar-refractivity contribution in [2.75, 3.05) is 19.8 Å². The van der Waals surface area contributed by atoms with Gasteiger partial charge in [-0.05, 0) is 25.0 Å². The van der Waals surface area contributed by atoms with Crippen LogP contribution in [0.3, 0.4) is 0 Å². The highest BCUT2D eigenvalue weighted by atomic mass is 32.2. The Kier molecular flexibility index (Phi) is 5.31. The van der Waals surface area contributed by atoms with Gasteiger partial charge in [0.05, 0.1) is 18.1 Å². The molecule has 0 unspecified atom stereocenters. The third-order valence-corrected chi connectivity index (χ3v) is 5.70. The van der Waals surface area contributed by atoms with Crippen molar-refractivity contribution in [2.45, 2.75) is 43.5 Å². The predicted octanol–water partition coefficient (Wildman–Crippen LogP) is 1.64. The van der Waals surface area contributed by atoms with E-state index in [1.54, 1.807) is 6.07 Å². The Hall–Kier alpha value is -1.31. The van der Waals surface area contributed by atoms with E-state index >= 15 is 0 Å². The van der Waals surface area contributed by atoms with Crippen molar-refractivity contribution in [1.82, 2.24) is 4.72 Å². The molecule has 0 amide bonds. The lowest BCUT2D eigenvalue weighted by Crippen LogP contribution is -2.52. The van der Waals surface area contributed by atoms with Crippen molar-refractivity contribution in [2.24, 2.45) is 5.73 Å². The number of rotatable bonds is 6. The summed E-state index contributed by atoms with van der Waals surface area (Å²) in [4.78, 5) is 0.163. The molecule has 7 heteroatoms. The largest absolute Gasteiger partial charge is 0.490 e. The molecular weight excluding hydrogens is 304 g/mol. The first-order chi connectivity index (χ1) is 10.5. The third-order valence-electron chi connectivity index (χ3n) is 4.12. The van der Waals surface area contributed by atoms with Gasteiger partial charge in [-0.25, -0.2) is 13.1 Å². The van der Waals surface area contributed by atoms with Gasteiger partial charge in [0.2, 0.25) is 10.0 Å². The molecule has 0 aliphatic carbocycles. The van der Waals surface area contributed by atoms with Gasteiger partial charge in [-0.3, -0.25) is 0 Å². The highest BCUT2D eigenvalue weighted by Gasteiger charge is 2.31. The molecule has 1 aliphatic heterocycles. The molecule has 0 saturated carbocycles. The van der Waals surface area contributed by atoms with Crippen molar-refractivity contribution < 1.29 is 17.9 Å². The fraction of sp³-hybridized carbons (Fsp3) is 0.600. The molecule has 1 aromatic carbocycles. The van der Waals surface area contributed by atoms with E-state index in [-0.39, 0.29) is 11.4 Å². The zero-order chi connectivity index (χ0) is 16.2. The van der Waals surface area contributed by atoms with Crippen molar-refractivity contribution >= 4 is 10.0 Å². The van der Waals surface area contributed by atoms with E-state index < -0.39 is 15.6 Å². The monoisotopic (exact) mass is 328 g/mol. The molecule has 1 aliphatic rings. The van der Waals surface area contributed by atoms with Crippen LogP contribution < -0.4 is 19.9 Å². The summed E-state index contributed by atoms with van der Waals surface area (Å²) < 4.78 is 39.1. The van der Waals surface area contributed by atoms with Crippen LogP contribution in [0.2, 0.25) is 0 Å². The smallest absolute Gasteiger partial charge is 0.241 e. The van der Waals surface area contributed by atoms with Crippen molar-refractivity contribution in [1.29, 1.82) is 0 Å². The van der Waals surface area contributed by atoms with Crippen LogP contribution in [0, 0.1) is 0 Å². The molecule has 22 heavy (non-hydrogen) atoms. The summed E-state index contributed by atoms with van der Waals surface area (Å²) in [7, 11) is -3.67. The Balaban J connectivity index is 2.32. The predicted molar refractivity (Wildman–Crippen MR) is 84.7 cm³/mol. The van der Waals surface area contributed by atoms with E-state index in [0.717, 1.165) is 6.42 Å². The standard InChI is InChI=1S/C15H24N2O4S/c1-3-15(4-2,11-16)17-22(18,19)12-6-7-13-14(10-12)21-9-5-8-20-13/h6-7,10,17H,3-5,8-9,11,16H2,1-2H3. The van der Waals surface area contributed by atoms with Crippen LogP contribution in [0.1, 0.15) is 33.1 Å². The molecule has 3 N–H and O–H groups in total. The fourth-order valence-corrected chi connectivity index (χ4v) is 3.95. The van der Waals surface area contributed by atoms with Gasteiger partial charge in [-0.15, -0.1) is 0 Å². The van der Waals surface area contributed by atoms with Crippen LogP contribution in [0.4, 0.5) is 0 Å². The van der Waals surface area contributed by atoms with Crippen LogP contribution in [0.5, 0.6) is 11.5 Å². The molecule has 0 aromatic heterocycles. The quantitative estimate of drug-likeness (QED) is 0.828. The first-order valence-corrected chi connectivity index (χ1v) is 9.08. The number of hydrogen-bond acceptors (Lipinski definition) is 5. The molecule has 124 valence electrons. The van der Waals surface area contributed by atoms with Crippen molar-refractivity contribution in [3.05, 3.63) is 18.2 Å². The molecule has 1 aromatic rings. The Morgan fingerprint density at radius 1 is 1.18 bits per heavy atom. The molecule has 0 fully saturated rings. The first-order valence-electron chi connectivity index (χ1n) is 7.60. The fourth-order valence-electron chi connectivity index (χ4n) is 2.38. The van der Waals surface area contributed by atoms with E-state index in [1.165, 1.54) is 12.1 Å². The van der Waals surface area contributed by atoms with E-state index in [2.05, 4.69) is 4.72 Å². The summed E-state index contributed by atoms with van der Waals surface area (Å²) in [5, 5.41) is 0. The first kappa shape index (κ1) is 17.1. The number of ether oxygens (including phenoxy) is 2. The Morgan fingerprint density at radius 2 is 1.82 bits per heavy atom. The number of nitrogens with one attached hydrogen (secondary N) is 1. The Morgan fingerprint density at radius 3 is 2.41 bits per heavy atom. The van der Waals surface area contributed by atoms with Gasteiger partial charge in [0, 0.05) is 24.6 Å². The van der Waals surface area contributed by atoms with Crippen LogP contribution in [-0.2, 0) is 10.0 Å². The minimum atomic E-state index is -3.67. The summed E-state index contributed by atoms with van der Waals surface area (Å²) in [6.07, 6.45) is 2.03. The minimum Gasteiger partial charge on any atom is -0.490 e. The second-order valence-electron chi connectivity index (χ2n) is 5.46. The molecule has 0 spiro atoms. The van der Waals surface area contributed by atoms with E-state index in [9.17, 15) is 8.42 Å². The van der Waals surface area contributed by atoms with E-state index in [4.69, 9.17) is 15.2 Å². The number of nitrogens with two attached hydrogens (primary N) is 1. The van der Waals surface area contributed by atoms with Gasteiger partial charge in [0.1, 0.15) is 0 Å². The van der Waals surface area contributed by atoms with Gasteiger partial charge in [0.25, 0.3) is 0 Å². The lowest BCUT2D eigenvalue weighted by atomic mass is 9.95. The maximum absolute atomic E-state index is 12.6. The molecule has 6 nitrogen and oxygen atoms in total. The maximum Gasteiger partial charge on any atom is 0.241 e. The second-order valence-corrected chi connectivity index (χ2v) is 7.14. The molecule has 0 atom stereocenters. The van der Waals surface area contributed by atoms with E-state index in [0.29, 0.717) is 37.6 Å². The topological polar surface area (TPSA) is 90.7 Å². The average molecular weight is 328 g/mol. The molecule has 1 heterocycles. The number of sulfonamides is 1. The zero-order valence-electron chi connectivity index (χ0n) is 13.1. The molecule has 2 rings (SSSR count). The Labute approximate surface area is 132 Å². The highest BCUT2D eigenvalue weighted by molar-refractivity contribution is 7.89. The molecule has 0 bridgehead atoms. The lowest BCUT2D eigenvalue weighted by molar-refractivity contribution is 0.297. The van der Waals surface area contributed by atoms with E-state index in [1.807, 2.05) is 13.8 Å². The highest BCUT2D eigenvalue weighted by Crippen LogP contribution is 2.32. The van der Waals surface area contributed by atoms with Crippen LogP contribution >= 0.6 is 0 Å². The van der Waals surface area contributed by atoms with Crippen molar-refractivity contribution in [3.8, 4) is 11.5 Å². The molecular formula is C15H24N2O4S. The molecule has 0 radical (unpaired) electrons. The lowest BCUT2D eigenvalue weighted by Gasteiger charge is -2.31. The summed E-state index contributed by atoms with van der Waals surface area (Å²) in [5.41, 5.74) is 5.15. The van der Waals surface area contributed by atoms with Gasteiger partial charge in [-0.1, -0.05) is 13.8 Å². The summed E-state index contributed by atoms with van der Waals surface area (Å²) in [6, 6.07) is 4.68. The number of fused-ring (bicyclic) bond motifs is 1. The van der Waals surface area contributed by atoms with Gasteiger partial charge >= 0.3 is 0 Å². The zero-order valence-corrected chi connectivity index (χ0v) is 13.9. The SMILES string of the molecule is CCC(CC)(CN)NS(=O)(=O)c1ccc2c(c1)OCCCO2. The second kappa shape index (κ2) is 6.85. The minimum absolute atomic E-state index is 0.163. The summed E-state index contributed by atoms with van der Waals surface area (Å²) in [5.74, 6) is 1.04. The average Bonchev–Trinajstić information content (AvgIpc) is 2.77. The van der Waals surface area contributed by atoms with Crippen LogP contribution in [0.25, 0.3) is 0 Å². The van der Waals surface area contributed by atoms with Crippen LogP contribution in [-0.4, -0.2) is 33.7 Å². The maximum atomic E-state index is 12.6. The summed E-state index contributed by atoms with van der Waals surface area (Å²) in [6.45, 7) is 5.18. The Bertz CT molecular complexity index is 604. The number of benzene rings is 1.